The molecule has 1 unspecified atom stereocenters. The Labute approximate surface area is 104 Å². The summed E-state index contributed by atoms with van der Waals surface area (Å²) < 4.78 is 0. The Kier molecular flexibility index (Phi) is 5.31. The zero-order valence-corrected chi connectivity index (χ0v) is 10.4. The summed E-state index contributed by atoms with van der Waals surface area (Å²) in [5, 5.41) is 27.3. The van der Waals surface area contributed by atoms with Crippen molar-refractivity contribution in [3.05, 3.63) is 23.8 Å². The number of phenols is 2. The van der Waals surface area contributed by atoms with Crippen LogP contribution in [-0.2, 0) is 0 Å². The Bertz CT molecular complexity index is 392. The van der Waals surface area contributed by atoms with E-state index >= 15 is 0 Å². The number of hydrogen-bond donors (Lipinski definition) is 3. The van der Waals surface area contributed by atoms with Gasteiger partial charge >= 0.3 is 0 Å². The molecular formula is C12H16O4S. The molecule has 4 nitrogen and oxygen atoms in total. The molecule has 5 heteroatoms. The van der Waals surface area contributed by atoms with Gasteiger partial charge in [-0.1, -0.05) is 6.92 Å². The van der Waals surface area contributed by atoms with E-state index in [-0.39, 0.29) is 29.1 Å². The number of carbonyl (C=O) groups excluding carboxylic acids is 1. The van der Waals surface area contributed by atoms with E-state index in [1.807, 2.05) is 6.92 Å². The summed E-state index contributed by atoms with van der Waals surface area (Å²) in [5.74, 6) is -0.326. The Morgan fingerprint density at radius 2 is 2.06 bits per heavy atom. The highest BCUT2D eigenvalue weighted by Crippen LogP contribution is 2.26. The number of benzene rings is 1. The summed E-state index contributed by atoms with van der Waals surface area (Å²) in [5.41, 5.74) is 0.379. The van der Waals surface area contributed by atoms with Gasteiger partial charge < -0.3 is 15.3 Å². The Balaban J connectivity index is 2.55. The standard InChI is InChI=1S/C12H16O4S/c1-8(4-5-13)17-7-12(16)9-2-3-10(14)11(15)6-9/h2-3,6,8,13-15H,4-5,7H2,1H3. The van der Waals surface area contributed by atoms with Gasteiger partial charge in [0.15, 0.2) is 17.3 Å². The van der Waals surface area contributed by atoms with Crippen LogP contribution in [0.2, 0.25) is 0 Å². The normalized spacial score (nSPS) is 12.4. The molecule has 0 amide bonds. The number of phenolic OH excluding ortho intramolecular Hbond substituents is 2. The van der Waals surface area contributed by atoms with E-state index in [1.165, 1.54) is 30.0 Å². The molecule has 1 rings (SSSR count). The second-order valence-electron chi connectivity index (χ2n) is 3.76. The number of Topliss-reactive ketones (excluding diaryl/α,β-unsaturated/α-hetero) is 1. The zero-order valence-electron chi connectivity index (χ0n) is 9.59. The molecule has 0 aromatic heterocycles. The predicted molar refractivity (Wildman–Crippen MR) is 67.7 cm³/mol. The van der Waals surface area contributed by atoms with Crippen LogP contribution in [0, 0.1) is 0 Å². The van der Waals surface area contributed by atoms with E-state index in [0.717, 1.165) is 0 Å². The molecule has 0 aliphatic carbocycles. The van der Waals surface area contributed by atoms with Crippen molar-refractivity contribution in [2.24, 2.45) is 0 Å². The minimum atomic E-state index is -0.288. The van der Waals surface area contributed by atoms with Gasteiger partial charge in [-0.25, -0.2) is 0 Å². The van der Waals surface area contributed by atoms with Crippen LogP contribution < -0.4 is 0 Å². The lowest BCUT2D eigenvalue weighted by atomic mass is 10.1. The van der Waals surface area contributed by atoms with Gasteiger partial charge in [0, 0.05) is 17.4 Å². The topological polar surface area (TPSA) is 77.8 Å². The van der Waals surface area contributed by atoms with Crippen molar-refractivity contribution < 1.29 is 20.1 Å². The van der Waals surface area contributed by atoms with E-state index in [4.69, 9.17) is 10.2 Å². The fraction of sp³-hybridized carbons (Fsp3) is 0.417. The molecule has 94 valence electrons. The summed E-state index contributed by atoms with van der Waals surface area (Å²) in [6, 6.07) is 4.04. The minimum absolute atomic E-state index is 0.102. The van der Waals surface area contributed by atoms with Crippen LogP contribution in [0.15, 0.2) is 18.2 Å². The molecule has 17 heavy (non-hydrogen) atoms. The molecule has 0 aliphatic heterocycles. The number of aromatic hydroxyl groups is 2. The van der Waals surface area contributed by atoms with Crippen LogP contribution in [0.25, 0.3) is 0 Å². The highest BCUT2D eigenvalue weighted by molar-refractivity contribution is 8.00. The number of carbonyl (C=O) groups is 1. The van der Waals surface area contributed by atoms with Gasteiger partial charge in [0.2, 0.25) is 0 Å². The molecule has 0 spiro atoms. The average molecular weight is 256 g/mol. The van der Waals surface area contributed by atoms with Gasteiger partial charge in [-0.05, 0) is 24.6 Å². The zero-order chi connectivity index (χ0) is 12.8. The first-order valence-corrected chi connectivity index (χ1v) is 6.37. The van der Waals surface area contributed by atoms with Crippen LogP contribution in [0.5, 0.6) is 11.5 Å². The maximum absolute atomic E-state index is 11.7. The lowest BCUT2D eigenvalue weighted by Gasteiger charge is -2.08. The fourth-order valence-corrected chi connectivity index (χ4v) is 2.14. The van der Waals surface area contributed by atoms with Crippen molar-refractivity contribution in [2.75, 3.05) is 12.4 Å². The third kappa shape index (κ3) is 4.28. The summed E-state index contributed by atoms with van der Waals surface area (Å²) >= 11 is 1.46. The molecule has 0 saturated heterocycles. The molecule has 3 N–H and O–H groups in total. The smallest absolute Gasteiger partial charge is 0.172 e. The monoisotopic (exact) mass is 256 g/mol. The first-order chi connectivity index (χ1) is 8.04. The van der Waals surface area contributed by atoms with Crippen molar-refractivity contribution in [1.29, 1.82) is 0 Å². The number of aliphatic hydroxyl groups is 1. The lowest BCUT2D eigenvalue weighted by Crippen LogP contribution is -2.07. The van der Waals surface area contributed by atoms with Crippen molar-refractivity contribution in [1.82, 2.24) is 0 Å². The summed E-state index contributed by atoms with van der Waals surface area (Å²) in [6.45, 7) is 2.06. The molecule has 0 heterocycles. The highest BCUT2D eigenvalue weighted by atomic mass is 32.2. The molecule has 1 aromatic carbocycles. The van der Waals surface area contributed by atoms with Crippen molar-refractivity contribution in [2.45, 2.75) is 18.6 Å². The maximum Gasteiger partial charge on any atom is 0.172 e. The number of rotatable bonds is 6. The third-order valence-electron chi connectivity index (χ3n) is 2.33. The number of hydrogen-bond acceptors (Lipinski definition) is 5. The molecule has 0 radical (unpaired) electrons. The van der Waals surface area contributed by atoms with Gasteiger partial charge in [-0.2, -0.15) is 11.8 Å². The third-order valence-corrected chi connectivity index (χ3v) is 3.57. The Hall–Kier alpha value is -1.20. The van der Waals surface area contributed by atoms with Crippen LogP contribution >= 0.6 is 11.8 Å². The van der Waals surface area contributed by atoms with Gasteiger partial charge in [-0.15, -0.1) is 0 Å². The largest absolute Gasteiger partial charge is 0.504 e. The predicted octanol–water partition coefficient (Wildman–Crippen LogP) is 1.78. The summed E-state index contributed by atoms with van der Waals surface area (Å²) in [7, 11) is 0. The van der Waals surface area contributed by atoms with E-state index in [1.54, 1.807) is 0 Å². The van der Waals surface area contributed by atoms with E-state index < -0.39 is 0 Å². The van der Waals surface area contributed by atoms with Crippen LogP contribution in [0.4, 0.5) is 0 Å². The Morgan fingerprint density at radius 1 is 1.35 bits per heavy atom. The average Bonchev–Trinajstić information content (AvgIpc) is 2.30. The van der Waals surface area contributed by atoms with Crippen LogP contribution in [0.3, 0.4) is 0 Å². The van der Waals surface area contributed by atoms with Crippen molar-refractivity contribution in [3.63, 3.8) is 0 Å². The second kappa shape index (κ2) is 6.51. The second-order valence-corrected chi connectivity index (χ2v) is 5.19. The summed E-state index contributed by atoms with van der Waals surface area (Å²) in [4.78, 5) is 11.7. The van der Waals surface area contributed by atoms with Gasteiger partial charge in [0.1, 0.15) is 0 Å². The number of ketones is 1. The number of aliphatic hydroxyl groups excluding tert-OH is 1. The number of thioether (sulfide) groups is 1. The Morgan fingerprint density at radius 3 is 2.65 bits per heavy atom. The highest BCUT2D eigenvalue weighted by Gasteiger charge is 2.11. The molecule has 1 aromatic rings. The molecular weight excluding hydrogens is 240 g/mol. The first-order valence-electron chi connectivity index (χ1n) is 5.32. The molecule has 0 saturated carbocycles. The molecule has 0 aliphatic rings. The van der Waals surface area contributed by atoms with Crippen molar-refractivity contribution >= 4 is 17.5 Å². The first kappa shape index (κ1) is 13.9. The van der Waals surface area contributed by atoms with E-state index in [0.29, 0.717) is 17.7 Å². The van der Waals surface area contributed by atoms with Gasteiger partial charge in [0.25, 0.3) is 0 Å². The lowest BCUT2D eigenvalue weighted by molar-refractivity contribution is 0.102. The quantitative estimate of drug-likeness (QED) is 0.534. The molecule has 1 atom stereocenters. The molecule has 0 bridgehead atoms. The van der Waals surface area contributed by atoms with Crippen molar-refractivity contribution in [3.8, 4) is 11.5 Å². The fourth-order valence-electron chi connectivity index (χ4n) is 1.26. The van der Waals surface area contributed by atoms with Crippen LogP contribution in [-0.4, -0.2) is 38.7 Å². The van der Waals surface area contributed by atoms with Crippen LogP contribution in [0.1, 0.15) is 23.7 Å². The maximum atomic E-state index is 11.7. The van der Waals surface area contributed by atoms with Gasteiger partial charge in [-0.3, -0.25) is 4.79 Å². The van der Waals surface area contributed by atoms with E-state index in [9.17, 15) is 9.90 Å². The van der Waals surface area contributed by atoms with Gasteiger partial charge in [0.05, 0.1) is 5.75 Å². The minimum Gasteiger partial charge on any atom is -0.504 e. The SMILES string of the molecule is CC(CCO)SCC(=O)c1ccc(O)c(O)c1. The van der Waals surface area contributed by atoms with E-state index in [2.05, 4.69) is 0 Å². The molecule has 0 fully saturated rings. The summed E-state index contributed by atoms with van der Waals surface area (Å²) in [6.07, 6.45) is 0.652.